The maximum Gasteiger partial charge on any atom is 1.00 e. The third kappa shape index (κ3) is 2.53. The van der Waals surface area contributed by atoms with Crippen molar-refractivity contribution in [1.29, 1.82) is 0 Å². The van der Waals surface area contributed by atoms with Crippen LogP contribution in [0.4, 0.5) is 5.82 Å². The van der Waals surface area contributed by atoms with E-state index < -0.39 is 0 Å². The van der Waals surface area contributed by atoms with Crippen LogP contribution in [0.3, 0.4) is 0 Å². The van der Waals surface area contributed by atoms with E-state index in [4.69, 9.17) is 0 Å². The Labute approximate surface area is 119 Å². The summed E-state index contributed by atoms with van der Waals surface area (Å²) in [4.78, 5) is 5.86. The molecule has 0 saturated heterocycles. The molecule has 0 bridgehead atoms. The Kier molecular flexibility index (Phi) is 4.58. The van der Waals surface area contributed by atoms with Gasteiger partial charge in [-0.15, -0.1) is 6.54 Å². The molecular weight excluding hydrogens is 267 g/mol. The van der Waals surface area contributed by atoms with Gasteiger partial charge in [0.25, 0.3) is 0 Å². The minimum Gasteiger partial charge on any atom is -0.534 e. The monoisotopic (exact) mass is 275 g/mol. The summed E-state index contributed by atoms with van der Waals surface area (Å²) in [6.07, 6.45) is 1.71. The van der Waals surface area contributed by atoms with Crippen molar-refractivity contribution < 1.29 is 29.6 Å². The van der Waals surface area contributed by atoms with E-state index in [9.17, 15) is 0 Å². The van der Waals surface area contributed by atoms with Crippen LogP contribution in [-0.2, 0) is 0 Å². The van der Waals surface area contributed by atoms with E-state index in [0.29, 0.717) is 6.54 Å². The zero-order valence-corrected chi connectivity index (χ0v) is 12.1. The van der Waals surface area contributed by atoms with Crippen LogP contribution < -0.4 is 34.5 Å². The minimum atomic E-state index is 0. The first kappa shape index (κ1) is 13.0. The zero-order chi connectivity index (χ0) is 10.1. The van der Waals surface area contributed by atoms with Gasteiger partial charge in [-0.05, 0) is 28.1 Å². The van der Waals surface area contributed by atoms with Gasteiger partial charge in [-0.1, -0.05) is 0 Å². The van der Waals surface area contributed by atoms with E-state index >= 15 is 0 Å². The van der Waals surface area contributed by atoms with Gasteiger partial charge in [-0.25, -0.2) is 9.50 Å². The first-order valence-electron chi connectivity index (χ1n) is 4.10. The summed E-state index contributed by atoms with van der Waals surface area (Å²) in [5.74, 6) is 0.770. The maximum atomic E-state index is 4.34. The zero-order valence-electron chi connectivity index (χ0n) is 8.52. The number of aromatic nitrogens is 3. The minimum absolute atomic E-state index is 0. The first-order chi connectivity index (χ1) is 6.72. The Hall–Kier alpha value is -0.100. The fourth-order valence-corrected chi connectivity index (χ4v) is 1.48. The fourth-order valence-electron chi connectivity index (χ4n) is 1.12. The Morgan fingerprint density at radius 2 is 2.20 bits per heavy atom. The number of hydrogen-bond donors (Lipinski definition) is 0. The van der Waals surface area contributed by atoms with E-state index in [1.807, 2.05) is 12.1 Å². The molecule has 0 aromatic carbocycles. The van der Waals surface area contributed by atoms with Gasteiger partial charge in [0.1, 0.15) is 10.4 Å². The second-order valence-electron chi connectivity index (χ2n) is 2.81. The molecule has 0 radical (unpaired) electrons. The maximum absolute atomic E-state index is 4.34. The molecule has 2 aromatic heterocycles. The Bertz CT molecular complexity index is 456. The number of halogens is 1. The first-order valence-corrected chi connectivity index (χ1v) is 4.89. The van der Waals surface area contributed by atoms with Gasteiger partial charge in [-0.3, -0.25) is 7.05 Å². The van der Waals surface area contributed by atoms with Crippen molar-refractivity contribution in [1.82, 2.24) is 14.6 Å². The van der Waals surface area contributed by atoms with E-state index in [0.717, 1.165) is 16.1 Å². The van der Waals surface area contributed by atoms with Crippen LogP contribution in [0.25, 0.3) is 5.65 Å². The van der Waals surface area contributed by atoms with Crippen LogP contribution in [0.2, 0.25) is 0 Å². The molecule has 6 heteroatoms. The predicted molar refractivity (Wildman–Crippen MR) is 58.7 cm³/mol. The van der Waals surface area contributed by atoms with Crippen molar-refractivity contribution in [3.63, 3.8) is 0 Å². The molecule has 0 amide bonds. The molecule has 0 atom stereocenters. The number of nitrogens with zero attached hydrogens (tertiary/aromatic N) is 4. The summed E-state index contributed by atoms with van der Waals surface area (Å²) in [5.41, 5.74) is 0.804. The summed E-state index contributed by atoms with van der Waals surface area (Å²) in [7, 11) is 3.81. The SMILES string of the molecule is [CH2-]CN([CH2-])c1ccc2ncc(Br)n2n1.[Na+]. The van der Waals surface area contributed by atoms with Gasteiger partial charge < -0.3 is 11.8 Å². The molecule has 0 aliphatic carbocycles. The quantitative estimate of drug-likeness (QED) is 0.517. The molecular formula is C9H9BrN4Na-. The number of imidazole rings is 1. The van der Waals surface area contributed by atoms with E-state index in [1.165, 1.54) is 0 Å². The molecule has 0 aliphatic heterocycles. The molecule has 74 valence electrons. The van der Waals surface area contributed by atoms with Gasteiger partial charge >= 0.3 is 29.6 Å². The molecule has 2 heterocycles. The molecule has 0 unspecified atom stereocenters. The normalized spacial score (nSPS) is 10.1. The third-order valence-corrected chi connectivity index (χ3v) is 2.44. The molecule has 15 heavy (non-hydrogen) atoms. The average Bonchev–Trinajstić information content (AvgIpc) is 2.59. The van der Waals surface area contributed by atoms with E-state index in [2.05, 4.69) is 40.0 Å². The Morgan fingerprint density at radius 1 is 1.47 bits per heavy atom. The van der Waals surface area contributed by atoms with Gasteiger partial charge in [0.15, 0.2) is 5.65 Å². The largest absolute Gasteiger partial charge is 1.00 e. The molecule has 0 aliphatic rings. The van der Waals surface area contributed by atoms with Crippen molar-refractivity contribution in [2.75, 3.05) is 11.4 Å². The Morgan fingerprint density at radius 3 is 2.87 bits per heavy atom. The third-order valence-electron chi connectivity index (χ3n) is 1.90. The molecule has 4 nitrogen and oxygen atoms in total. The molecule has 2 aromatic rings. The number of fused-ring (bicyclic) bond motifs is 1. The van der Waals surface area contributed by atoms with Crippen molar-refractivity contribution >= 4 is 27.4 Å². The molecule has 0 fully saturated rings. The van der Waals surface area contributed by atoms with Crippen LogP contribution in [0.15, 0.2) is 22.9 Å². The van der Waals surface area contributed by atoms with Crippen molar-refractivity contribution in [2.24, 2.45) is 0 Å². The van der Waals surface area contributed by atoms with E-state index in [-0.39, 0.29) is 29.6 Å². The van der Waals surface area contributed by atoms with Crippen molar-refractivity contribution in [3.8, 4) is 0 Å². The smallest absolute Gasteiger partial charge is 0.534 e. The van der Waals surface area contributed by atoms with Crippen LogP contribution in [0.1, 0.15) is 0 Å². The van der Waals surface area contributed by atoms with Crippen LogP contribution in [0.5, 0.6) is 0 Å². The summed E-state index contributed by atoms with van der Waals surface area (Å²) >= 11 is 3.36. The second kappa shape index (κ2) is 5.30. The summed E-state index contributed by atoms with van der Waals surface area (Å²) in [6, 6.07) is 3.76. The number of anilines is 1. The fraction of sp³-hybridized carbons (Fsp3) is 0.111. The second-order valence-corrected chi connectivity index (χ2v) is 3.62. The van der Waals surface area contributed by atoms with Crippen molar-refractivity contribution in [3.05, 3.63) is 36.9 Å². The standard InChI is InChI=1S/C9H9BrN4.Na/c1-3-13(2)9-5-4-8-11-6-7(10)14(8)12-9;/h4-6H,1-3H2;/q-2;+1. The number of hydrogen-bond acceptors (Lipinski definition) is 3. The van der Waals surface area contributed by atoms with Crippen molar-refractivity contribution in [2.45, 2.75) is 0 Å². The molecule has 0 spiro atoms. The van der Waals surface area contributed by atoms with Gasteiger partial charge in [0, 0.05) is 0 Å². The van der Waals surface area contributed by atoms with Gasteiger partial charge in [0.05, 0.1) is 6.20 Å². The van der Waals surface area contributed by atoms with E-state index in [1.54, 1.807) is 15.6 Å². The van der Waals surface area contributed by atoms with Crippen LogP contribution in [0, 0.1) is 14.0 Å². The number of rotatable bonds is 2. The van der Waals surface area contributed by atoms with Crippen LogP contribution >= 0.6 is 15.9 Å². The summed E-state index contributed by atoms with van der Waals surface area (Å²) in [5, 5.41) is 4.34. The molecule has 0 saturated carbocycles. The van der Waals surface area contributed by atoms with Gasteiger partial charge in [0.2, 0.25) is 0 Å². The predicted octanol–water partition coefficient (Wildman–Crippen LogP) is -1.07. The molecule has 2 rings (SSSR count). The summed E-state index contributed by atoms with van der Waals surface area (Å²) < 4.78 is 2.54. The van der Waals surface area contributed by atoms with Crippen LogP contribution in [-0.4, -0.2) is 21.1 Å². The molecule has 0 N–H and O–H groups in total. The topological polar surface area (TPSA) is 33.4 Å². The average molecular weight is 276 g/mol. The summed E-state index contributed by atoms with van der Waals surface area (Å²) in [6.45, 7) is 4.31. The Balaban J connectivity index is 0.00000112. The van der Waals surface area contributed by atoms with Gasteiger partial charge in [-0.2, -0.15) is 5.10 Å².